The molecule has 87 valence electrons. The van der Waals surface area contributed by atoms with Crippen molar-refractivity contribution in [2.75, 3.05) is 7.11 Å². The second-order valence-electron chi connectivity index (χ2n) is 4.17. The summed E-state index contributed by atoms with van der Waals surface area (Å²) >= 11 is 0. The fourth-order valence-corrected chi connectivity index (χ4v) is 2.48. The van der Waals surface area contributed by atoms with Crippen LogP contribution < -0.4 is 10.2 Å². The van der Waals surface area contributed by atoms with Gasteiger partial charge in [-0.3, -0.25) is 0 Å². The number of ether oxygens (including phenoxy) is 1. The van der Waals surface area contributed by atoms with Gasteiger partial charge in [0.25, 0.3) is 0 Å². The van der Waals surface area contributed by atoms with Gasteiger partial charge in [-0.15, -0.1) is 0 Å². The Bertz CT molecular complexity index is 603. The highest BCUT2D eigenvalue weighted by atomic mass is 16.5. The third-order valence-electron chi connectivity index (χ3n) is 3.26. The smallest absolute Gasteiger partial charge is 0.328 e. The summed E-state index contributed by atoms with van der Waals surface area (Å²) in [6.07, 6.45) is 0. The standard InChI is InChI=1S/C15H12BO2/c1-18-15-12-8-4-2-6-10(12)14(16-17)11-7-3-5-9-13(11)15/h2-9,17H,1H3. The number of methoxy groups -OCH3 is 1. The zero-order valence-corrected chi connectivity index (χ0v) is 10.1. The van der Waals surface area contributed by atoms with Gasteiger partial charge in [0.2, 0.25) is 0 Å². The Morgan fingerprint density at radius 1 is 0.833 bits per heavy atom. The Hall–Kier alpha value is -2.00. The van der Waals surface area contributed by atoms with E-state index in [4.69, 9.17) is 4.74 Å². The van der Waals surface area contributed by atoms with E-state index in [2.05, 4.69) is 0 Å². The maximum Gasteiger partial charge on any atom is 0.328 e. The Kier molecular flexibility index (Phi) is 2.69. The normalized spacial score (nSPS) is 10.8. The molecule has 0 heterocycles. The van der Waals surface area contributed by atoms with E-state index in [9.17, 15) is 5.02 Å². The largest absolute Gasteiger partial charge is 0.495 e. The molecule has 0 saturated heterocycles. The van der Waals surface area contributed by atoms with E-state index in [0.29, 0.717) is 0 Å². The predicted octanol–water partition coefficient (Wildman–Crippen LogP) is 2.24. The van der Waals surface area contributed by atoms with Gasteiger partial charge in [-0.2, -0.15) is 0 Å². The number of benzene rings is 3. The van der Waals surface area contributed by atoms with Crippen LogP contribution >= 0.6 is 0 Å². The zero-order chi connectivity index (χ0) is 12.5. The molecule has 3 heteroatoms. The average molecular weight is 235 g/mol. The van der Waals surface area contributed by atoms with E-state index >= 15 is 0 Å². The first kappa shape index (κ1) is 11.1. The molecule has 0 fully saturated rings. The van der Waals surface area contributed by atoms with Crippen LogP contribution in [0.5, 0.6) is 5.75 Å². The van der Waals surface area contributed by atoms with Gasteiger partial charge in [-0.05, 0) is 16.2 Å². The SMILES string of the molecule is COc1c2ccccc2c([B]O)c2ccccc12. The molecular formula is C15H12BO2. The van der Waals surface area contributed by atoms with Crippen LogP contribution in [0.2, 0.25) is 0 Å². The van der Waals surface area contributed by atoms with Gasteiger partial charge in [0, 0.05) is 10.8 Å². The highest BCUT2D eigenvalue weighted by Crippen LogP contribution is 2.32. The van der Waals surface area contributed by atoms with Gasteiger partial charge in [0.05, 0.1) is 7.11 Å². The first-order valence-electron chi connectivity index (χ1n) is 5.81. The highest BCUT2D eigenvalue weighted by molar-refractivity contribution is 6.55. The number of hydrogen-bond donors (Lipinski definition) is 1. The van der Waals surface area contributed by atoms with Crippen LogP contribution in [0.4, 0.5) is 0 Å². The summed E-state index contributed by atoms with van der Waals surface area (Å²) in [5.74, 6) is 0.854. The summed E-state index contributed by atoms with van der Waals surface area (Å²) in [5.41, 5.74) is 0.835. The fraction of sp³-hybridized carbons (Fsp3) is 0.0667. The van der Waals surface area contributed by atoms with E-state index in [1.807, 2.05) is 48.5 Å². The molecule has 2 nitrogen and oxygen atoms in total. The van der Waals surface area contributed by atoms with E-state index in [1.165, 1.54) is 7.48 Å². The molecule has 0 amide bonds. The molecule has 18 heavy (non-hydrogen) atoms. The molecule has 0 unspecified atom stereocenters. The second-order valence-corrected chi connectivity index (χ2v) is 4.17. The molecule has 3 rings (SSSR count). The van der Waals surface area contributed by atoms with Crippen LogP contribution in [0.1, 0.15) is 0 Å². The van der Waals surface area contributed by atoms with Crippen LogP contribution in [0, 0.1) is 0 Å². The van der Waals surface area contributed by atoms with E-state index < -0.39 is 0 Å². The first-order chi connectivity index (χ1) is 8.86. The third kappa shape index (κ3) is 1.48. The van der Waals surface area contributed by atoms with Crippen molar-refractivity contribution < 1.29 is 9.76 Å². The summed E-state index contributed by atoms with van der Waals surface area (Å²) in [5, 5.41) is 13.5. The first-order valence-corrected chi connectivity index (χ1v) is 5.81. The van der Waals surface area contributed by atoms with Gasteiger partial charge in [-0.1, -0.05) is 48.5 Å². The van der Waals surface area contributed by atoms with Crippen molar-refractivity contribution in [1.82, 2.24) is 0 Å². The molecule has 0 bridgehead atoms. The van der Waals surface area contributed by atoms with Crippen LogP contribution in [-0.2, 0) is 0 Å². The Morgan fingerprint density at radius 2 is 1.28 bits per heavy atom. The minimum absolute atomic E-state index is 0.835. The van der Waals surface area contributed by atoms with Crippen LogP contribution in [0.3, 0.4) is 0 Å². The average Bonchev–Trinajstić information content (AvgIpc) is 2.44. The molecule has 0 aliphatic rings. The fourth-order valence-electron chi connectivity index (χ4n) is 2.48. The molecule has 1 radical (unpaired) electrons. The van der Waals surface area contributed by atoms with Gasteiger partial charge < -0.3 is 9.76 Å². The Labute approximate surface area is 106 Å². The molecule has 0 aliphatic carbocycles. The Balaban J connectivity index is 2.61. The lowest BCUT2D eigenvalue weighted by atomic mass is 9.80. The van der Waals surface area contributed by atoms with E-state index in [1.54, 1.807) is 7.11 Å². The number of hydrogen-bond acceptors (Lipinski definition) is 2. The molecule has 3 aromatic carbocycles. The maximum absolute atomic E-state index is 9.53. The van der Waals surface area contributed by atoms with E-state index in [0.717, 1.165) is 32.8 Å². The second kappa shape index (κ2) is 4.35. The molecule has 1 N–H and O–H groups in total. The monoisotopic (exact) mass is 235 g/mol. The van der Waals surface area contributed by atoms with Gasteiger partial charge in [0.15, 0.2) is 0 Å². The summed E-state index contributed by atoms with van der Waals surface area (Å²) in [6, 6.07) is 15.9. The third-order valence-corrected chi connectivity index (χ3v) is 3.26. The summed E-state index contributed by atoms with van der Waals surface area (Å²) in [6.45, 7) is 0. The summed E-state index contributed by atoms with van der Waals surface area (Å²) in [7, 11) is 2.85. The quantitative estimate of drug-likeness (QED) is 0.545. The van der Waals surface area contributed by atoms with Crippen molar-refractivity contribution in [3.63, 3.8) is 0 Å². The predicted molar refractivity (Wildman–Crippen MR) is 75.6 cm³/mol. The van der Waals surface area contributed by atoms with Crippen LogP contribution in [0.15, 0.2) is 48.5 Å². The summed E-state index contributed by atoms with van der Waals surface area (Å²) in [4.78, 5) is 0. The zero-order valence-electron chi connectivity index (χ0n) is 10.1. The van der Waals surface area contributed by atoms with Crippen LogP contribution in [-0.4, -0.2) is 19.6 Å². The minimum Gasteiger partial charge on any atom is -0.495 e. The van der Waals surface area contributed by atoms with Gasteiger partial charge in [-0.25, -0.2) is 0 Å². The van der Waals surface area contributed by atoms with Crippen molar-refractivity contribution in [3.05, 3.63) is 48.5 Å². The number of fused-ring (bicyclic) bond motifs is 2. The Morgan fingerprint density at radius 3 is 1.67 bits per heavy atom. The molecule has 0 atom stereocenters. The molecular weight excluding hydrogens is 223 g/mol. The lowest BCUT2D eigenvalue weighted by Crippen LogP contribution is -2.16. The van der Waals surface area contributed by atoms with Crippen molar-refractivity contribution in [2.45, 2.75) is 0 Å². The molecule has 3 aromatic rings. The topological polar surface area (TPSA) is 29.5 Å². The minimum atomic E-state index is 0.835. The maximum atomic E-state index is 9.53. The van der Waals surface area contributed by atoms with E-state index in [-0.39, 0.29) is 0 Å². The molecule has 0 aliphatic heterocycles. The van der Waals surface area contributed by atoms with Crippen molar-refractivity contribution in [2.24, 2.45) is 0 Å². The molecule has 0 saturated carbocycles. The van der Waals surface area contributed by atoms with Crippen molar-refractivity contribution >= 4 is 34.5 Å². The van der Waals surface area contributed by atoms with Gasteiger partial charge >= 0.3 is 7.48 Å². The lowest BCUT2D eigenvalue weighted by molar-refractivity contribution is 0.424. The van der Waals surface area contributed by atoms with Gasteiger partial charge in [0.1, 0.15) is 5.75 Å². The highest BCUT2D eigenvalue weighted by Gasteiger charge is 2.13. The molecule has 0 aromatic heterocycles. The number of rotatable bonds is 2. The van der Waals surface area contributed by atoms with Crippen molar-refractivity contribution in [3.8, 4) is 5.75 Å². The molecule has 0 spiro atoms. The lowest BCUT2D eigenvalue weighted by Gasteiger charge is -2.13. The summed E-state index contributed by atoms with van der Waals surface area (Å²) < 4.78 is 5.54. The van der Waals surface area contributed by atoms with Crippen LogP contribution in [0.25, 0.3) is 21.5 Å². The van der Waals surface area contributed by atoms with Crippen molar-refractivity contribution in [1.29, 1.82) is 0 Å².